The van der Waals surface area contributed by atoms with E-state index < -0.39 is 6.10 Å². The molecule has 156 valence electrons. The number of amides is 1. The summed E-state index contributed by atoms with van der Waals surface area (Å²) in [7, 11) is 0. The highest BCUT2D eigenvalue weighted by Gasteiger charge is 2.29. The maximum absolute atomic E-state index is 12.4. The predicted octanol–water partition coefficient (Wildman–Crippen LogP) is 1.23. The van der Waals surface area contributed by atoms with Crippen LogP contribution in [0, 0.1) is 0 Å². The summed E-state index contributed by atoms with van der Waals surface area (Å²) in [5.41, 5.74) is 0.256. The number of aliphatic hydroxyl groups is 1. The normalized spacial score (nSPS) is 25.0. The third kappa shape index (κ3) is 4.34. The Kier molecular flexibility index (Phi) is 5.94. The molecule has 0 radical (unpaired) electrons. The molecule has 0 bridgehead atoms. The molecule has 0 aromatic carbocycles. The van der Waals surface area contributed by atoms with Gasteiger partial charge in [-0.2, -0.15) is 10.2 Å². The van der Waals surface area contributed by atoms with Crippen LogP contribution in [0.3, 0.4) is 0 Å². The van der Waals surface area contributed by atoms with Gasteiger partial charge in [-0.05, 0) is 44.2 Å². The molecule has 3 unspecified atom stereocenters. The van der Waals surface area contributed by atoms with Crippen molar-refractivity contribution in [3.63, 3.8) is 0 Å². The van der Waals surface area contributed by atoms with Gasteiger partial charge in [0.1, 0.15) is 11.5 Å². The molecule has 1 amide bonds. The van der Waals surface area contributed by atoms with Gasteiger partial charge in [0.2, 0.25) is 0 Å². The Bertz CT molecular complexity index is 881. The standard InChI is InChI=1S/C20H28N6O3/c27-17-7-2-1-6-16(17)26-19(28)9-8-18(24-26)25-12-4-3-5-14(25)13-21-20(29)15-10-11-22-23-15/h8-11,14,16-17,27H,1-7,12-13H2,(H,21,29)(H,22,23). The first-order chi connectivity index (χ1) is 14.1. The lowest BCUT2D eigenvalue weighted by molar-refractivity contribution is 0.0669. The molecule has 3 atom stereocenters. The molecule has 3 N–H and O–H groups in total. The summed E-state index contributed by atoms with van der Waals surface area (Å²) < 4.78 is 1.47. The molecule has 1 saturated heterocycles. The number of aromatic amines is 1. The Morgan fingerprint density at radius 2 is 2.00 bits per heavy atom. The van der Waals surface area contributed by atoms with E-state index in [9.17, 15) is 14.7 Å². The van der Waals surface area contributed by atoms with Crippen LogP contribution in [0.15, 0.2) is 29.2 Å². The molecule has 2 aromatic heterocycles. The van der Waals surface area contributed by atoms with Gasteiger partial charge >= 0.3 is 0 Å². The molecule has 29 heavy (non-hydrogen) atoms. The molecule has 2 aliphatic rings. The second-order valence-corrected chi connectivity index (χ2v) is 7.92. The molecule has 2 fully saturated rings. The van der Waals surface area contributed by atoms with Crippen molar-refractivity contribution in [2.75, 3.05) is 18.0 Å². The minimum Gasteiger partial charge on any atom is -0.391 e. The summed E-state index contributed by atoms with van der Waals surface area (Å²) >= 11 is 0. The number of nitrogens with one attached hydrogen (secondary N) is 2. The molecule has 1 saturated carbocycles. The summed E-state index contributed by atoms with van der Waals surface area (Å²) in [5.74, 6) is 0.541. The van der Waals surface area contributed by atoms with Crippen LogP contribution < -0.4 is 15.8 Å². The van der Waals surface area contributed by atoms with Gasteiger partial charge in [-0.15, -0.1) is 0 Å². The zero-order valence-electron chi connectivity index (χ0n) is 16.5. The first-order valence-electron chi connectivity index (χ1n) is 10.5. The van der Waals surface area contributed by atoms with Crippen LogP contribution in [-0.2, 0) is 0 Å². The number of rotatable bonds is 5. The molecule has 1 aliphatic heterocycles. The molecule has 4 rings (SSSR count). The largest absolute Gasteiger partial charge is 0.391 e. The van der Waals surface area contributed by atoms with E-state index in [4.69, 9.17) is 0 Å². The molecule has 9 nitrogen and oxygen atoms in total. The number of aromatic nitrogens is 4. The summed E-state index contributed by atoms with van der Waals surface area (Å²) in [5, 5.41) is 24.5. The van der Waals surface area contributed by atoms with Crippen LogP contribution in [0.1, 0.15) is 61.5 Å². The van der Waals surface area contributed by atoms with E-state index in [2.05, 4.69) is 25.5 Å². The van der Waals surface area contributed by atoms with Gasteiger partial charge in [0.05, 0.1) is 12.1 Å². The summed E-state index contributed by atoms with van der Waals surface area (Å²) in [4.78, 5) is 26.8. The first kappa shape index (κ1) is 19.6. The minimum absolute atomic E-state index is 0.102. The third-order valence-corrected chi connectivity index (χ3v) is 5.98. The Labute approximate surface area is 169 Å². The smallest absolute Gasteiger partial charge is 0.269 e. The van der Waals surface area contributed by atoms with Crippen molar-refractivity contribution in [1.29, 1.82) is 0 Å². The van der Waals surface area contributed by atoms with Gasteiger partial charge in [0.25, 0.3) is 11.5 Å². The van der Waals surface area contributed by atoms with Gasteiger partial charge in [-0.25, -0.2) is 4.68 Å². The van der Waals surface area contributed by atoms with Crippen LogP contribution in [0.5, 0.6) is 0 Å². The number of carbonyl (C=O) groups is 1. The number of anilines is 1. The number of aliphatic hydroxyl groups excluding tert-OH is 1. The SMILES string of the molecule is O=C(NCC1CCCCN1c1ccc(=O)n(C2CCCCC2O)n1)c1ccn[nH]1. The van der Waals surface area contributed by atoms with Gasteiger partial charge in [-0.1, -0.05) is 12.8 Å². The van der Waals surface area contributed by atoms with E-state index >= 15 is 0 Å². The first-order valence-corrected chi connectivity index (χ1v) is 10.5. The second-order valence-electron chi connectivity index (χ2n) is 7.92. The van der Waals surface area contributed by atoms with E-state index in [1.807, 2.05) is 0 Å². The van der Waals surface area contributed by atoms with E-state index in [1.165, 1.54) is 4.68 Å². The molecule has 3 heterocycles. The van der Waals surface area contributed by atoms with Crippen molar-refractivity contribution in [1.82, 2.24) is 25.3 Å². The van der Waals surface area contributed by atoms with Gasteiger partial charge in [-0.3, -0.25) is 14.7 Å². The van der Waals surface area contributed by atoms with Crippen molar-refractivity contribution in [2.24, 2.45) is 0 Å². The molecular formula is C20H28N6O3. The van der Waals surface area contributed by atoms with Crippen molar-refractivity contribution in [3.05, 3.63) is 40.4 Å². The Hall–Kier alpha value is -2.68. The van der Waals surface area contributed by atoms with E-state index in [1.54, 1.807) is 24.4 Å². The number of piperidine rings is 1. The van der Waals surface area contributed by atoms with Crippen molar-refractivity contribution >= 4 is 11.7 Å². The average molecular weight is 400 g/mol. The minimum atomic E-state index is -0.532. The maximum atomic E-state index is 12.4. The fourth-order valence-electron chi connectivity index (χ4n) is 4.39. The molecule has 9 heteroatoms. The van der Waals surface area contributed by atoms with Gasteiger partial charge in [0.15, 0.2) is 0 Å². The lowest BCUT2D eigenvalue weighted by atomic mass is 9.93. The van der Waals surface area contributed by atoms with Crippen LogP contribution >= 0.6 is 0 Å². The lowest BCUT2D eigenvalue weighted by Gasteiger charge is -2.37. The van der Waals surface area contributed by atoms with Crippen LogP contribution in [0.2, 0.25) is 0 Å². The van der Waals surface area contributed by atoms with Crippen LogP contribution in [0.25, 0.3) is 0 Å². The fourth-order valence-corrected chi connectivity index (χ4v) is 4.39. The zero-order chi connectivity index (χ0) is 20.2. The predicted molar refractivity (Wildman–Crippen MR) is 108 cm³/mol. The monoisotopic (exact) mass is 400 g/mol. The molecule has 2 aromatic rings. The third-order valence-electron chi connectivity index (χ3n) is 5.98. The highest BCUT2D eigenvalue weighted by molar-refractivity contribution is 5.92. The van der Waals surface area contributed by atoms with E-state index in [-0.39, 0.29) is 23.6 Å². The Morgan fingerprint density at radius 3 is 2.79 bits per heavy atom. The maximum Gasteiger partial charge on any atom is 0.269 e. The molecule has 1 aliphatic carbocycles. The van der Waals surface area contributed by atoms with Crippen molar-refractivity contribution in [3.8, 4) is 0 Å². The number of H-pyrrole nitrogens is 1. The summed E-state index contributed by atoms with van der Waals surface area (Å²) in [6, 6.07) is 4.77. The average Bonchev–Trinajstić information content (AvgIpc) is 3.28. The number of hydrogen-bond acceptors (Lipinski definition) is 6. The van der Waals surface area contributed by atoms with Gasteiger partial charge in [0, 0.05) is 31.4 Å². The molecule has 0 spiro atoms. The summed E-state index contributed by atoms with van der Waals surface area (Å²) in [6.07, 6.45) is 7.53. The zero-order valence-corrected chi connectivity index (χ0v) is 16.5. The van der Waals surface area contributed by atoms with Crippen LogP contribution in [0.4, 0.5) is 5.82 Å². The second kappa shape index (κ2) is 8.77. The number of carbonyl (C=O) groups excluding carboxylic acids is 1. The van der Waals surface area contributed by atoms with Crippen LogP contribution in [-0.4, -0.2) is 56.2 Å². The number of nitrogens with zero attached hydrogens (tertiary/aromatic N) is 4. The van der Waals surface area contributed by atoms with E-state index in [0.717, 1.165) is 50.9 Å². The fraction of sp³-hybridized carbons (Fsp3) is 0.600. The molecular weight excluding hydrogens is 372 g/mol. The quantitative estimate of drug-likeness (QED) is 0.695. The highest BCUT2D eigenvalue weighted by atomic mass is 16.3. The van der Waals surface area contributed by atoms with Gasteiger partial charge < -0.3 is 15.3 Å². The summed E-state index contributed by atoms with van der Waals surface area (Å²) in [6.45, 7) is 1.31. The lowest BCUT2D eigenvalue weighted by Crippen LogP contribution is -2.48. The van der Waals surface area contributed by atoms with Crippen molar-refractivity contribution < 1.29 is 9.90 Å². The number of hydrogen-bond donors (Lipinski definition) is 3. The highest BCUT2D eigenvalue weighted by Crippen LogP contribution is 2.28. The Balaban J connectivity index is 1.51. The topological polar surface area (TPSA) is 116 Å². The van der Waals surface area contributed by atoms with E-state index in [0.29, 0.717) is 18.7 Å². The Morgan fingerprint density at radius 1 is 1.17 bits per heavy atom. The van der Waals surface area contributed by atoms with Crippen molar-refractivity contribution in [2.45, 2.75) is 63.1 Å².